The summed E-state index contributed by atoms with van der Waals surface area (Å²) in [5.74, 6) is -1.21. The summed E-state index contributed by atoms with van der Waals surface area (Å²) in [7, 11) is 3.88. The van der Waals surface area contributed by atoms with Crippen molar-refractivity contribution in [3.63, 3.8) is 0 Å². The van der Waals surface area contributed by atoms with E-state index in [9.17, 15) is 14.4 Å². The van der Waals surface area contributed by atoms with Crippen LogP contribution in [0.4, 0.5) is 0 Å². The van der Waals surface area contributed by atoms with E-state index in [-0.39, 0.29) is 11.9 Å². The normalized spacial score (nSPS) is 15.6. The van der Waals surface area contributed by atoms with Gasteiger partial charge in [0, 0.05) is 6.54 Å². The van der Waals surface area contributed by atoms with Crippen molar-refractivity contribution in [3.05, 3.63) is 71.3 Å². The van der Waals surface area contributed by atoms with E-state index in [0.29, 0.717) is 17.7 Å². The summed E-state index contributed by atoms with van der Waals surface area (Å²) in [5.41, 5.74) is 1.77. The molecule has 3 rings (SSSR count). The highest BCUT2D eigenvalue weighted by Crippen LogP contribution is 2.24. The Kier molecular flexibility index (Phi) is 5.37. The molecule has 0 fully saturated rings. The molecular formula is C21H23N3O3. The van der Waals surface area contributed by atoms with Gasteiger partial charge in [0.2, 0.25) is 5.91 Å². The SMILES string of the molecule is C[C@H](C(=O)NC[C@H](c1ccccc1)N(C)C)N1C(=O)c2ccccc2C1=O. The van der Waals surface area contributed by atoms with Gasteiger partial charge in [0.25, 0.3) is 11.8 Å². The Bertz CT molecular complexity index is 829. The van der Waals surface area contributed by atoms with Crippen LogP contribution in [0.1, 0.15) is 39.2 Å². The van der Waals surface area contributed by atoms with Gasteiger partial charge >= 0.3 is 0 Å². The minimum absolute atomic E-state index is 0.00970. The lowest BCUT2D eigenvalue weighted by molar-refractivity contribution is -0.124. The third kappa shape index (κ3) is 3.61. The van der Waals surface area contributed by atoms with Crippen molar-refractivity contribution in [2.24, 2.45) is 0 Å². The standard InChI is InChI=1S/C21H23N3O3/c1-14(24-20(26)16-11-7-8-12-17(16)21(24)27)19(25)22-13-18(23(2)3)15-9-5-4-6-10-15/h4-12,14,18H,13H2,1-3H3,(H,22,25)/t14-,18-/m1/s1. The van der Waals surface area contributed by atoms with E-state index in [1.165, 1.54) is 0 Å². The van der Waals surface area contributed by atoms with Gasteiger partial charge in [0.1, 0.15) is 6.04 Å². The number of carbonyl (C=O) groups excluding carboxylic acids is 3. The molecule has 2 aromatic carbocycles. The van der Waals surface area contributed by atoms with Crippen LogP contribution in [0.2, 0.25) is 0 Å². The van der Waals surface area contributed by atoms with Gasteiger partial charge in [-0.2, -0.15) is 0 Å². The lowest BCUT2D eigenvalue weighted by Gasteiger charge is -2.27. The van der Waals surface area contributed by atoms with E-state index in [1.54, 1.807) is 31.2 Å². The van der Waals surface area contributed by atoms with Crippen LogP contribution in [0, 0.1) is 0 Å². The van der Waals surface area contributed by atoms with E-state index < -0.39 is 17.9 Å². The number of benzene rings is 2. The summed E-state index contributed by atoms with van der Waals surface area (Å²) in [6.45, 7) is 1.95. The number of hydrogen-bond acceptors (Lipinski definition) is 4. The van der Waals surface area contributed by atoms with Crippen molar-refractivity contribution in [1.82, 2.24) is 15.1 Å². The Morgan fingerprint density at radius 3 is 2.00 bits per heavy atom. The molecule has 0 saturated heterocycles. The van der Waals surface area contributed by atoms with Gasteiger partial charge in [0.05, 0.1) is 17.2 Å². The molecule has 27 heavy (non-hydrogen) atoms. The van der Waals surface area contributed by atoms with Crippen molar-refractivity contribution >= 4 is 17.7 Å². The molecule has 2 atom stereocenters. The molecule has 6 nitrogen and oxygen atoms in total. The van der Waals surface area contributed by atoms with Crippen LogP contribution < -0.4 is 5.32 Å². The zero-order chi connectivity index (χ0) is 19.6. The Balaban J connectivity index is 1.69. The molecular weight excluding hydrogens is 342 g/mol. The molecule has 0 saturated carbocycles. The highest BCUT2D eigenvalue weighted by molar-refractivity contribution is 6.22. The summed E-state index contributed by atoms with van der Waals surface area (Å²) < 4.78 is 0. The number of fused-ring (bicyclic) bond motifs is 1. The average Bonchev–Trinajstić information content (AvgIpc) is 2.93. The van der Waals surface area contributed by atoms with E-state index in [0.717, 1.165) is 10.5 Å². The van der Waals surface area contributed by atoms with Crippen molar-refractivity contribution < 1.29 is 14.4 Å². The first-order chi connectivity index (χ1) is 12.9. The molecule has 1 N–H and O–H groups in total. The molecule has 1 aliphatic heterocycles. The van der Waals surface area contributed by atoms with Crippen LogP contribution in [0.15, 0.2) is 54.6 Å². The maximum Gasteiger partial charge on any atom is 0.262 e. The van der Waals surface area contributed by atoms with Gasteiger partial charge < -0.3 is 10.2 Å². The van der Waals surface area contributed by atoms with Crippen LogP contribution in [-0.2, 0) is 4.79 Å². The third-order valence-corrected chi connectivity index (χ3v) is 4.87. The molecule has 3 amide bonds. The minimum atomic E-state index is -0.879. The molecule has 0 aromatic heterocycles. The first-order valence-corrected chi connectivity index (χ1v) is 8.87. The largest absolute Gasteiger partial charge is 0.352 e. The number of nitrogens with one attached hydrogen (secondary N) is 1. The maximum atomic E-state index is 12.7. The van der Waals surface area contributed by atoms with Gasteiger partial charge in [0.15, 0.2) is 0 Å². The Morgan fingerprint density at radius 1 is 0.963 bits per heavy atom. The molecule has 0 radical (unpaired) electrons. The molecule has 1 heterocycles. The fourth-order valence-electron chi connectivity index (χ4n) is 3.30. The topological polar surface area (TPSA) is 69.7 Å². The number of rotatable bonds is 6. The van der Waals surface area contributed by atoms with Gasteiger partial charge in [-0.1, -0.05) is 42.5 Å². The number of imide groups is 1. The van der Waals surface area contributed by atoms with Crippen LogP contribution in [0.5, 0.6) is 0 Å². The van der Waals surface area contributed by atoms with E-state index in [2.05, 4.69) is 5.32 Å². The molecule has 0 unspecified atom stereocenters. The second-order valence-electron chi connectivity index (χ2n) is 6.84. The number of carbonyl (C=O) groups is 3. The fourth-order valence-corrected chi connectivity index (χ4v) is 3.30. The molecule has 6 heteroatoms. The Labute approximate surface area is 158 Å². The van der Waals surface area contributed by atoms with E-state index >= 15 is 0 Å². The van der Waals surface area contributed by atoms with E-state index in [4.69, 9.17) is 0 Å². The molecule has 0 aliphatic carbocycles. The molecule has 0 spiro atoms. The van der Waals surface area contributed by atoms with Crippen molar-refractivity contribution in [2.75, 3.05) is 20.6 Å². The third-order valence-electron chi connectivity index (χ3n) is 4.87. The van der Waals surface area contributed by atoms with Crippen LogP contribution in [0.25, 0.3) is 0 Å². The molecule has 140 valence electrons. The number of hydrogen-bond donors (Lipinski definition) is 1. The van der Waals surface area contributed by atoms with Gasteiger partial charge in [-0.25, -0.2) is 0 Å². The molecule has 1 aliphatic rings. The summed E-state index contributed by atoms with van der Waals surface area (Å²) in [4.78, 5) is 40.8. The van der Waals surface area contributed by atoms with Gasteiger partial charge in [-0.3, -0.25) is 19.3 Å². The second kappa shape index (κ2) is 7.72. The maximum absolute atomic E-state index is 12.7. The Hall–Kier alpha value is -2.99. The minimum Gasteiger partial charge on any atom is -0.352 e. The zero-order valence-corrected chi connectivity index (χ0v) is 15.7. The van der Waals surface area contributed by atoms with Crippen molar-refractivity contribution in [2.45, 2.75) is 19.0 Å². The number of likely N-dealkylation sites (N-methyl/N-ethyl adjacent to an activating group) is 1. The predicted octanol–water partition coefficient (Wildman–Crippen LogP) is 2.09. The van der Waals surface area contributed by atoms with Gasteiger partial charge in [-0.15, -0.1) is 0 Å². The van der Waals surface area contributed by atoms with Crippen molar-refractivity contribution in [1.29, 1.82) is 0 Å². The van der Waals surface area contributed by atoms with Gasteiger partial charge in [-0.05, 0) is 38.7 Å². The van der Waals surface area contributed by atoms with Crippen LogP contribution in [-0.4, -0.2) is 54.2 Å². The van der Waals surface area contributed by atoms with Crippen molar-refractivity contribution in [3.8, 4) is 0 Å². The highest BCUT2D eigenvalue weighted by Gasteiger charge is 2.40. The fraction of sp³-hybridized carbons (Fsp3) is 0.286. The smallest absolute Gasteiger partial charge is 0.262 e. The van der Waals surface area contributed by atoms with Crippen LogP contribution >= 0.6 is 0 Å². The zero-order valence-electron chi connectivity index (χ0n) is 15.7. The average molecular weight is 365 g/mol. The summed E-state index contributed by atoms with van der Waals surface area (Å²) in [5, 5.41) is 2.88. The lowest BCUT2D eigenvalue weighted by atomic mass is 10.1. The predicted molar refractivity (Wildman–Crippen MR) is 102 cm³/mol. The number of nitrogens with zero attached hydrogens (tertiary/aromatic N) is 2. The number of amides is 3. The lowest BCUT2D eigenvalue weighted by Crippen LogP contribution is -2.49. The molecule has 0 bridgehead atoms. The first-order valence-electron chi connectivity index (χ1n) is 8.87. The Morgan fingerprint density at radius 2 is 1.48 bits per heavy atom. The molecule has 2 aromatic rings. The quantitative estimate of drug-likeness (QED) is 0.796. The van der Waals surface area contributed by atoms with E-state index in [1.807, 2.05) is 49.3 Å². The summed E-state index contributed by atoms with van der Waals surface area (Å²) >= 11 is 0. The highest BCUT2D eigenvalue weighted by atomic mass is 16.2. The summed E-state index contributed by atoms with van der Waals surface area (Å²) in [6.07, 6.45) is 0. The van der Waals surface area contributed by atoms with Crippen LogP contribution in [0.3, 0.4) is 0 Å². The second-order valence-corrected chi connectivity index (χ2v) is 6.84. The monoisotopic (exact) mass is 365 g/mol. The first kappa shape index (κ1) is 18.8. The summed E-state index contributed by atoms with van der Waals surface area (Å²) in [6, 6.07) is 15.6.